The molecule has 0 saturated heterocycles. The third-order valence-corrected chi connectivity index (χ3v) is 3.55. The van der Waals surface area contributed by atoms with Crippen LogP contribution in [0.1, 0.15) is 13.8 Å². The topological polar surface area (TPSA) is 68.9 Å². The van der Waals surface area contributed by atoms with Gasteiger partial charge in [0.1, 0.15) is 0 Å². The number of rotatable bonds is 3. The van der Waals surface area contributed by atoms with Crippen LogP contribution in [0.2, 0.25) is 0 Å². The number of imidazole rings is 1. The van der Waals surface area contributed by atoms with Gasteiger partial charge in [-0.2, -0.15) is 0 Å². The molecule has 0 aliphatic heterocycles. The molecule has 0 fully saturated rings. The van der Waals surface area contributed by atoms with E-state index in [4.69, 9.17) is 17.3 Å². The maximum atomic E-state index is 9.70. The van der Waals surface area contributed by atoms with Crippen LogP contribution in [0, 0.1) is 10.7 Å². The van der Waals surface area contributed by atoms with E-state index in [1.165, 1.54) is 0 Å². The fourth-order valence-corrected chi connectivity index (χ4v) is 2.23. The van der Waals surface area contributed by atoms with Gasteiger partial charge in [0.05, 0.1) is 17.3 Å². The number of aromatic amines is 2. The van der Waals surface area contributed by atoms with Crippen molar-refractivity contribution in [2.24, 2.45) is 5.92 Å². The smallest absolute Gasteiger partial charge is 0.305 e. The molecule has 1 heterocycles. The second-order valence-electron chi connectivity index (χ2n) is 5.55. The number of carboxylic acid groups (broad SMARTS) is 1. The molecule has 3 rings (SSSR count). The van der Waals surface area contributed by atoms with Crippen LogP contribution in [0.3, 0.4) is 0 Å². The summed E-state index contributed by atoms with van der Waals surface area (Å²) in [7, 11) is 0. The van der Waals surface area contributed by atoms with Gasteiger partial charge in [-0.3, -0.25) is 4.79 Å². The third kappa shape index (κ3) is 4.67. The van der Waals surface area contributed by atoms with Crippen LogP contribution >= 0.6 is 12.2 Å². The molecule has 24 heavy (non-hydrogen) atoms. The Morgan fingerprint density at radius 1 is 0.875 bits per heavy atom. The highest BCUT2D eigenvalue weighted by Gasteiger charge is 2.09. The van der Waals surface area contributed by atoms with E-state index in [1.807, 2.05) is 36.4 Å². The standard InChI is InChI=1S/C15H12N2S.C4H8O2/c18-15-16-13(11-7-3-1-4-8-11)14(17-15)12-9-5-2-6-10-12;1-3(2)4(5)6/h1-10H,(H2,16,17,18);3H,1-2H3,(H,5,6). The van der Waals surface area contributed by atoms with Gasteiger partial charge in [0.25, 0.3) is 0 Å². The van der Waals surface area contributed by atoms with Crippen LogP contribution in [-0.4, -0.2) is 21.0 Å². The average molecular weight is 340 g/mol. The number of H-pyrrole nitrogens is 2. The largest absolute Gasteiger partial charge is 0.481 e. The minimum absolute atomic E-state index is 0.231. The molecular formula is C19H20N2O2S. The maximum absolute atomic E-state index is 9.70. The fourth-order valence-electron chi connectivity index (χ4n) is 2.03. The molecule has 0 atom stereocenters. The highest BCUT2D eigenvalue weighted by atomic mass is 32.1. The molecule has 3 aromatic rings. The van der Waals surface area contributed by atoms with E-state index in [2.05, 4.69) is 34.2 Å². The lowest BCUT2D eigenvalue weighted by molar-refractivity contribution is -0.140. The fraction of sp³-hybridized carbons (Fsp3) is 0.158. The van der Waals surface area contributed by atoms with Crippen molar-refractivity contribution >= 4 is 18.2 Å². The number of hydrogen-bond donors (Lipinski definition) is 3. The highest BCUT2D eigenvalue weighted by Crippen LogP contribution is 2.28. The van der Waals surface area contributed by atoms with Crippen LogP contribution in [0.5, 0.6) is 0 Å². The third-order valence-electron chi connectivity index (χ3n) is 3.35. The molecular weight excluding hydrogens is 320 g/mol. The summed E-state index contributed by atoms with van der Waals surface area (Å²) >= 11 is 5.21. The van der Waals surface area contributed by atoms with E-state index in [1.54, 1.807) is 13.8 Å². The van der Waals surface area contributed by atoms with Crippen LogP contribution in [0.15, 0.2) is 60.7 Å². The molecule has 3 N–H and O–H groups in total. The zero-order chi connectivity index (χ0) is 17.5. The van der Waals surface area contributed by atoms with Crippen molar-refractivity contribution in [3.63, 3.8) is 0 Å². The monoisotopic (exact) mass is 340 g/mol. The van der Waals surface area contributed by atoms with Crippen molar-refractivity contribution in [1.29, 1.82) is 0 Å². The number of hydrogen-bond acceptors (Lipinski definition) is 2. The minimum Gasteiger partial charge on any atom is -0.481 e. The average Bonchev–Trinajstić information content (AvgIpc) is 2.99. The SMILES string of the molecule is CC(C)C(=O)O.S=c1[nH]c(-c2ccccc2)c(-c2ccccc2)[nH]1. The molecule has 4 nitrogen and oxygen atoms in total. The van der Waals surface area contributed by atoms with Crippen LogP contribution in [-0.2, 0) is 4.79 Å². The van der Waals surface area contributed by atoms with Crippen molar-refractivity contribution in [3.8, 4) is 22.5 Å². The lowest BCUT2D eigenvalue weighted by Crippen LogP contribution is -2.03. The second kappa shape index (κ2) is 8.26. The zero-order valence-corrected chi connectivity index (χ0v) is 14.4. The van der Waals surface area contributed by atoms with Gasteiger partial charge in [-0.25, -0.2) is 0 Å². The zero-order valence-electron chi connectivity index (χ0n) is 13.6. The molecule has 5 heteroatoms. The summed E-state index contributed by atoms with van der Waals surface area (Å²) in [4.78, 5) is 16.1. The van der Waals surface area contributed by atoms with Gasteiger partial charge in [-0.05, 0) is 12.2 Å². The second-order valence-corrected chi connectivity index (χ2v) is 5.96. The number of benzene rings is 2. The predicted octanol–water partition coefficient (Wildman–Crippen LogP) is 5.13. The summed E-state index contributed by atoms with van der Waals surface area (Å²) in [6.45, 7) is 3.28. The van der Waals surface area contributed by atoms with E-state index in [9.17, 15) is 4.79 Å². The molecule has 0 saturated carbocycles. The molecule has 0 aliphatic carbocycles. The number of aromatic nitrogens is 2. The Morgan fingerprint density at radius 3 is 1.50 bits per heavy atom. The Kier molecular flexibility index (Phi) is 6.09. The molecule has 0 aliphatic rings. The first kappa shape index (κ1) is 17.7. The van der Waals surface area contributed by atoms with Gasteiger partial charge < -0.3 is 15.1 Å². The van der Waals surface area contributed by atoms with Gasteiger partial charge in [0.15, 0.2) is 4.77 Å². The molecule has 0 amide bonds. The Bertz CT molecular complexity index is 777. The summed E-state index contributed by atoms with van der Waals surface area (Å²) in [5.41, 5.74) is 4.33. The van der Waals surface area contributed by atoms with Gasteiger partial charge >= 0.3 is 5.97 Å². The minimum atomic E-state index is -0.741. The first-order chi connectivity index (χ1) is 11.5. The molecule has 0 unspecified atom stereocenters. The van der Waals surface area contributed by atoms with E-state index >= 15 is 0 Å². The number of carboxylic acids is 1. The van der Waals surface area contributed by atoms with E-state index in [0.717, 1.165) is 22.5 Å². The summed E-state index contributed by atoms with van der Waals surface area (Å²) in [5.74, 6) is -0.972. The first-order valence-electron chi connectivity index (χ1n) is 7.65. The summed E-state index contributed by atoms with van der Waals surface area (Å²) in [5, 5.41) is 7.99. The Balaban J connectivity index is 0.000000301. The Morgan fingerprint density at radius 2 is 1.21 bits per heavy atom. The molecule has 124 valence electrons. The molecule has 1 aromatic heterocycles. The molecule has 2 aromatic carbocycles. The quantitative estimate of drug-likeness (QED) is 0.579. The van der Waals surface area contributed by atoms with Crippen LogP contribution < -0.4 is 0 Å². The highest BCUT2D eigenvalue weighted by molar-refractivity contribution is 7.71. The van der Waals surface area contributed by atoms with E-state index in [-0.39, 0.29) is 5.92 Å². The number of aliphatic carboxylic acids is 1. The van der Waals surface area contributed by atoms with Gasteiger partial charge in [-0.15, -0.1) is 0 Å². The summed E-state index contributed by atoms with van der Waals surface area (Å²) in [6.07, 6.45) is 0. The van der Waals surface area contributed by atoms with Crippen molar-refractivity contribution in [2.75, 3.05) is 0 Å². The van der Waals surface area contributed by atoms with E-state index in [0.29, 0.717) is 4.77 Å². The van der Waals surface area contributed by atoms with Crippen LogP contribution in [0.4, 0.5) is 0 Å². The van der Waals surface area contributed by atoms with E-state index < -0.39 is 5.97 Å². The summed E-state index contributed by atoms with van der Waals surface area (Å²) < 4.78 is 0.646. The van der Waals surface area contributed by atoms with Gasteiger partial charge in [0.2, 0.25) is 0 Å². The number of nitrogens with one attached hydrogen (secondary N) is 2. The first-order valence-corrected chi connectivity index (χ1v) is 8.05. The van der Waals surface area contributed by atoms with Crippen molar-refractivity contribution in [3.05, 3.63) is 65.4 Å². The van der Waals surface area contributed by atoms with Crippen LogP contribution in [0.25, 0.3) is 22.5 Å². The molecule has 0 radical (unpaired) electrons. The lowest BCUT2D eigenvalue weighted by atomic mass is 10.1. The lowest BCUT2D eigenvalue weighted by Gasteiger charge is -2.03. The molecule has 0 spiro atoms. The van der Waals surface area contributed by atoms with Gasteiger partial charge in [-0.1, -0.05) is 74.5 Å². The number of carbonyl (C=O) groups is 1. The molecule has 0 bridgehead atoms. The van der Waals surface area contributed by atoms with Crippen molar-refractivity contribution < 1.29 is 9.90 Å². The maximum Gasteiger partial charge on any atom is 0.305 e. The van der Waals surface area contributed by atoms with Gasteiger partial charge in [0, 0.05) is 11.1 Å². The predicted molar refractivity (Wildman–Crippen MR) is 99.3 cm³/mol. The normalized spacial score (nSPS) is 10.1. The Hall–Kier alpha value is -2.66. The van der Waals surface area contributed by atoms with Crippen molar-refractivity contribution in [2.45, 2.75) is 13.8 Å². The summed E-state index contributed by atoms with van der Waals surface area (Å²) in [6, 6.07) is 20.4. The Labute approximate surface area is 146 Å². The van der Waals surface area contributed by atoms with Crippen molar-refractivity contribution in [1.82, 2.24) is 9.97 Å².